The summed E-state index contributed by atoms with van der Waals surface area (Å²) in [6, 6.07) is -3.91. The normalized spacial score (nSPS) is 13.9. The summed E-state index contributed by atoms with van der Waals surface area (Å²) in [5, 5.41) is 22.4. The molecule has 0 heterocycles. The standard InChI is InChI=1S/C15H27N5O7/c16-6-2-1-3-10(15(26)27)20-14(25)9(4-5-11(18)21)19-13(24)8(17)7-12(22)23/h8-10H,1-7,16-17H2,(H2,18,21)(H,19,24)(H,20,25)(H,22,23)(H,26,27)/t8-,9-,10-/m0/s1. The van der Waals surface area contributed by atoms with E-state index in [2.05, 4.69) is 10.6 Å². The van der Waals surface area contributed by atoms with Gasteiger partial charge in [-0.15, -0.1) is 0 Å². The SMILES string of the molecule is NCCCC[C@H](NC(=O)[C@H](CCC(N)=O)NC(=O)[C@@H](N)CC(=O)O)C(=O)O. The maximum atomic E-state index is 12.4. The van der Waals surface area contributed by atoms with E-state index in [1.54, 1.807) is 0 Å². The number of carboxylic acid groups (broad SMARTS) is 2. The number of rotatable bonds is 14. The van der Waals surface area contributed by atoms with Crippen LogP contribution in [0.3, 0.4) is 0 Å². The number of carbonyl (C=O) groups excluding carboxylic acids is 3. The van der Waals surface area contributed by atoms with Crippen molar-refractivity contribution in [3.05, 3.63) is 0 Å². The van der Waals surface area contributed by atoms with Crippen molar-refractivity contribution in [2.45, 2.75) is 56.7 Å². The lowest BCUT2D eigenvalue weighted by molar-refractivity contribution is -0.143. The quantitative estimate of drug-likeness (QED) is 0.152. The fourth-order valence-corrected chi connectivity index (χ4v) is 2.14. The zero-order chi connectivity index (χ0) is 21.0. The lowest BCUT2D eigenvalue weighted by Crippen LogP contribution is -2.54. The van der Waals surface area contributed by atoms with Gasteiger partial charge in [-0.3, -0.25) is 19.2 Å². The fraction of sp³-hybridized carbons (Fsp3) is 0.667. The number of hydrogen-bond acceptors (Lipinski definition) is 7. The van der Waals surface area contributed by atoms with Crippen LogP contribution in [0.1, 0.15) is 38.5 Å². The van der Waals surface area contributed by atoms with Crippen molar-refractivity contribution in [3.63, 3.8) is 0 Å². The number of carbonyl (C=O) groups is 5. The van der Waals surface area contributed by atoms with E-state index in [1.807, 2.05) is 0 Å². The predicted molar refractivity (Wildman–Crippen MR) is 93.1 cm³/mol. The van der Waals surface area contributed by atoms with Crippen LogP contribution in [0.25, 0.3) is 0 Å². The molecule has 0 saturated carbocycles. The van der Waals surface area contributed by atoms with Crippen LogP contribution in [0.2, 0.25) is 0 Å². The molecule has 12 nitrogen and oxygen atoms in total. The van der Waals surface area contributed by atoms with E-state index in [1.165, 1.54) is 0 Å². The Morgan fingerprint density at radius 1 is 0.889 bits per heavy atom. The highest BCUT2D eigenvalue weighted by Gasteiger charge is 2.28. The summed E-state index contributed by atoms with van der Waals surface area (Å²) < 4.78 is 0. The lowest BCUT2D eigenvalue weighted by Gasteiger charge is -2.22. The van der Waals surface area contributed by atoms with Crippen molar-refractivity contribution in [2.75, 3.05) is 6.54 Å². The second-order valence-electron chi connectivity index (χ2n) is 5.95. The molecule has 0 aliphatic rings. The van der Waals surface area contributed by atoms with Gasteiger partial charge in [0.25, 0.3) is 0 Å². The number of nitrogens with two attached hydrogens (primary N) is 3. The molecular weight excluding hydrogens is 362 g/mol. The van der Waals surface area contributed by atoms with Crippen LogP contribution in [0, 0.1) is 0 Å². The second-order valence-corrected chi connectivity index (χ2v) is 5.95. The number of carboxylic acids is 2. The molecule has 0 rings (SSSR count). The Morgan fingerprint density at radius 3 is 1.96 bits per heavy atom. The zero-order valence-electron chi connectivity index (χ0n) is 14.8. The first kappa shape index (κ1) is 24.3. The van der Waals surface area contributed by atoms with Gasteiger partial charge in [0, 0.05) is 6.42 Å². The van der Waals surface area contributed by atoms with Crippen LogP contribution < -0.4 is 27.8 Å². The molecule has 27 heavy (non-hydrogen) atoms. The van der Waals surface area contributed by atoms with Crippen LogP contribution in [-0.4, -0.2) is 64.5 Å². The van der Waals surface area contributed by atoms with Crippen molar-refractivity contribution in [3.8, 4) is 0 Å². The van der Waals surface area contributed by atoms with Crippen LogP contribution in [0.4, 0.5) is 0 Å². The number of unbranched alkanes of at least 4 members (excludes halogenated alkanes) is 1. The summed E-state index contributed by atoms with van der Waals surface area (Å²) >= 11 is 0. The summed E-state index contributed by atoms with van der Waals surface area (Å²) in [4.78, 5) is 57.2. The van der Waals surface area contributed by atoms with Gasteiger partial charge in [-0.2, -0.15) is 0 Å². The Bertz CT molecular complexity index is 555. The summed E-state index contributed by atoms with van der Waals surface area (Å²) in [6.45, 7) is 0.374. The van der Waals surface area contributed by atoms with Crippen LogP contribution in [0.15, 0.2) is 0 Å². The van der Waals surface area contributed by atoms with Crippen LogP contribution in [-0.2, 0) is 24.0 Å². The van der Waals surface area contributed by atoms with Gasteiger partial charge in [-0.25, -0.2) is 4.79 Å². The smallest absolute Gasteiger partial charge is 0.326 e. The lowest BCUT2D eigenvalue weighted by atomic mass is 10.1. The minimum absolute atomic E-state index is 0.132. The average molecular weight is 389 g/mol. The molecule has 0 aromatic rings. The van der Waals surface area contributed by atoms with E-state index < -0.39 is 54.2 Å². The predicted octanol–water partition coefficient (Wildman–Crippen LogP) is -2.76. The Labute approximate surface area is 155 Å². The van der Waals surface area contributed by atoms with Crippen molar-refractivity contribution >= 4 is 29.7 Å². The van der Waals surface area contributed by atoms with Crippen LogP contribution >= 0.6 is 0 Å². The van der Waals surface area contributed by atoms with Gasteiger partial charge in [-0.05, 0) is 32.2 Å². The maximum absolute atomic E-state index is 12.4. The van der Waals surface area contributed by atoms with E-state index in [0.717, 1.165) is 0 Å². The van der Waals surface area contributed by atoms with Crippen molar-refractivity contribution in [1.82, 2.24) is 10.6 Å². The molecule has 0 aromatic carbocycles. The van der Waals surface area contributed by atoms with E-state index in [4.69, 9.17) is 22.3 Å². The third-order valence-corrected chi connectivity index (χ3v) is 3.61. The molecule has 0 aromatic heterocycles. The summed E-state index contributed by atoms with van der Waals surface area (Å²) in [5.74, 6) is -5.05. The molecule has 0 radical (unpaired) electrons. The highest BCUT2D eigenvalue weighted by Crippen LogP contribution is 2.04. The topological polar surface area (TPSA) is 228 Å². The molecular formula is C15H27N5O7. The fourth-order valence-electron chi connectivity index (χ4n) is 2.14. The third kappa shape index (κ3) is 10.8. The molecule has 10 N–H and O–H groups in total. The van der Waals surface area contributed by atoms with Gasteiger partial charge in [0.2, 0.25) is 17.7 Å². The van der Waals surface area contributed by atoms with Gasteiger partial charge < -0.3 is 38.0 Å². The molecule has 0 saturated heterocycles. The van der Waals surface area contributed by atoms with E-state index in [0.29, 0.717) is 19.4 Å². The van der Waals surface area contributed by atoms with E-state index in [9.17, 15) is 29.1 Å². The van der Waals surface area contributed by atoms with E-state index >= 15 is 0 Å². The Hall–Kier alpha value is -2.73. The van der Waals surface area contributed by atoms with Gasteiger partial charge in [-0.1, -0.05) is 0 Å². The second kappa shape index (κ2) is 12.6. The van der Waals surface area contributed by atoms with Crippen molar-refractivity contribution in [1.29, 1.82) is 0 Å². The largest absolute Gasteiger partial charge is 0.481 e. The maximum Gasteiger partial charge on any atom is 0.326 e. The Morgan fingerprint density at radius 2 is 1.48 bits per heavy atom. The van der Waals surface area contributed by atoms with Crippen molar-refractivity contribution in [2.24, 2.45) is 17.2 Å². The van der Waals surface area contributed by atoms with Gasteiger partial charge in [0.05, 0.1) is 12.5 Å². The third-order valence-electron chi connectivity index (χ3n) is 3.61. The monoisotopic (exact) mass is 389 g/mol. The molecule has 12 heteroatoms. The molecule has 0 fully saturated rings. The zero-order valence-corrected chi connectivity index (χ0v) is 14.8. The summed E-state index contributed by atoms with van der Waals surface area (Å²) in [5.41, 5.74) is 15.8. The first-order valence-corrected chi connectivity index (χ1v) is 8.37. The summed E-state index contributed by atoms with van der Waals surface area (Å²) in [6.07, 6.45) is 0.0699. The Kier molecular flexibility index (Phi) is 11.3. The number of amides is 3. The number of hydrogen-bond donors (Lipinski definition) is 7. The average Bonchev–Trinajstić information content (AvgIpc) is 2.56. The molecule has 0 aliphatic carbocycles. The Balaban J connectivity index is 5.04. The number of primary amides is 1. The molecule has 0 unspecified atom stereocenters. The molecule has 0 aliphatic heterocycles. The summed E-state index contributed by atoms with van der Waals surface area (Å²) in [7, 11) is 0. The van der Waals surface area contributed by atoms with Crippen molar-refractivity contribution < 1.29 is 34.2 Å². The number of aliphatic carboxylic acids is 2. The first-order chi connectivity index (χ1) is 12.6. The molecule has 0 spiro atoms. The minimum atomic E-state index is -1.41. The van der Waals surface area contributed by atoms with Gasteiger partial charge in [0.15, 0.2) is 0 Å². The van der Waals surface area contributed by atoms with Crippen LogP contribution in [0.5, 0.6) is 0 Å². The molecule has 154 valence electrons. The highest BCUT2D eigenvalue weighted by molar-refractivity contribution is 5.93. The van der Waals surface area contributed by atoms with E-state index in [-0.39, 0.29) is 19.3 Å². The molecule has 0 bridgehead atoms. The number of nitrogens with one attached hydrogen (secondary N) is 2. The molecule has 3 atom stereocenters. The minimum Gasteiger partial charge on any atom is -0.481 e. The van der Waals surface area contributed by atoms with Gasteiger partial charge in [0.1, 0.15) is 12.1 Å². The molecule has 3 amide bonds. The first-order valence-electron chi connectivity index (χ1n) is 8.37. The van der Waals surface area contributed by atoms with Gasteiger partial charge >= 0.3 is 11.9 Å². The highest BCUT2D eigenvalue weighted by atomic mass is 16.4.